The lowest BCUT2D eigenvalue weighted by Gasteiger charge is -2.43. The summed E-state index contributed by atoms with van der Waals surface area (Å²) in [5.41, 5.74) is 0.635. The van der Waals surface area contributed by atoms with E-state index < -0.39 is 5.41 Å². The molecule has 0 spiro atoms. The Balaban J connectivity index is 1.44. The number of carbonyl (C=O) groups excluding carboxylic acids is 2. The van der Waals surface area contributed by atoms with E-state index in [1.54, 1.807) is 11.0 Å². The van der Waals surface area contributed by atoms with Crippen LogP contribution in [0.5, 0.6) is 5.75 Å². The molecule has 1 atom stereocenters. The summed E-state index contributed by atoms with van der Waals surface area (Å²) in [6.45, 7) is 9.66. The molecule has 38 heavy (non-hydrogen) atoms. The van der Waals surface area contributed by atoms with Gasteiger partial charge in [0, 0.05) is 69.7 Å². The van der Waals surface area contributed by atoms with Crippen molar-refractivity contribution in [2.24, 2.45) is 5.41 Å². The molecule has 4 rings (SSSR count). The minimum absolute atomic E-state index is 0.0635. The number of benzene rings is 2. The van der Waals surface area contributed by atoms with Gasteiger partial charge in [0.15, 0.2) is 0 Å². The quantitative estimate of drug-likeness (QED) is 0.456. The van der Waals surface area contributed by atoms with E-state index in [2.05, 4.69) is 16.7 Å². The van der Waals surface area contributed by atoms with Crippen molar-refractivity contribution in [1.82, 2.24) is 19.6 Å². The predicted molar refractivity (Wildman–Crippen MR) is 151 cm³/mol. The van der Waals surface area contributed by atoms with Crippen molar-refractivity contribution in [2.75, 3.05) is 66.0 Å². The first-order chi connectivity index (χ1) is 18.4. The molecule has 0 radical (unpaired) electrons. The number of carbonyl (C=O) groups is 2. The van der Waals surface area contributed by atoms with Crippen LogP contribution in [0.4, 0.5) is 0 Å². The smallest absolute Gasteiger partial charge is 0.236 e. The SMILES string of the molecule is CCN1CCN(CC(=O)N2CCC[C@](COc3cccc(Cl)c3)(CC(=O)N(C)Cc3ccccc3)C2)CC1. The van der Waals surface area contributed by atoms with Crippen molar-refractivity contribution in [3.63, 3.8) is 0 Å². The molecule has 2 aromatic rings. The maximum Gasteiger partial charge on any atom is 0.236 e. The summed E-state index contributed by atoms with van der Waals surface area (Å²) in [5.74, 6) is 0.889. The maximum absolute atomic E-state index is 13.5. The Labute approximate surface area is 232 Å². The van der Waals surface area contributed by atoms with E-state index in [0.717, 1.165) is 57.7 Å². The van der Waals surface area contributed by atoms with Crippen molar-refractivity contribution in [3.8, 4) is 5.75 Å². The minimum atomic E-state index is -0.459. The Bertz CT molecular complexity index is 1060. The van der Waals surface area contributed by atoms with E-state index in [-0.39, 0.29) is 11.8 Å². The van der Waals surface area contributed by atoms with Crippen LogP contribution in [0.25, 0.3) is 0 Å². The van der Waals surface area contributed by atoms with Gasteiger partial charge >= 0.3 is 0 Å². The lowest BCUT2D eigenvalue weighted by atomic mass is 9.77. The average molecular weight is 541 g/mol. The summed E-state index contributed by atoms with van der Waals surface area (Å²) < 4.78 is 6.22. The first kappa shape index (κ1) is 28.4. The highest BCUT2D eigenvalue weighted by Crippen LogP contribution is 2.36. The molecule has 0 saturated carbocycles. The van der Waals surface area contributed by atoms with E-state index in [9.17, 15) is 9.59 Å². The molecule has 0 N–H and O–H groups in total. The summed E-state index contributed by atoms with van der Waals surface area (Å²) in [5, 5.41) is 0.610. The third-order valence-electron chi connectivity index (χ3n) is 7.84. The monoisotopic (exact) mass is 540 g/mol. The van der Waals surface area contributed by atoms with Crippen LogP contribution in [0.1, 0.15) is 31.7 Å². The second-order valence-electron chi connectivity index (χ2n) is 10.8. The molecular weight excluding hydrogens is 500 g/mol. The van der Waals surface area contributed by atoms with Crippen molar-refractivity contribution >= 4 is 23.4 Å². The van der Waals surface area contributed by atoms with Crippen LogP contribution in [-0.2, 0) is 16.1 Å². The molecule has 2 aliphatic rings. The number of halogens is 1. The van der Waals surface area contributed by atoms with Gasteiger partial charge in [-0.2, -0.15) is 0 Å². The normalized spacial score (nSPS) is 20.8. The summed E-state index contributed by atoms with van der Waals surface area (Å²) in [6, 6.07) is 17.4. The summed E-state index contributed by atoms with van der Waals surface area (Å²) in [4.78, 5) is 35.3. The topological polar surface area (TPSA) is 56.3 Å². The first-order valence-corrected chi connectivity index (χ1v) is 14.1. The fourth-order valence-electron chi connectivity index (χ4n) is 5.48. The molecule has 2 heterocycles. The lowest BCUT2D eigenvalue weighted by Crippen LogP contribution is -2.54. The molecule has 0 aliphatic carbocycles. The lowest BCUT2D eigenvalue weighted by molar-refractivity contribution is -0.142. The molecule has 2 saturated heterocycles. The van der Waals surface area contributed by atoms with Crippen LogP contribution in [0.2, 0.25) is 5.02 Å². The van der Waals surface area contributed by atoms with Crippen LogP contribution >= 0.6 is 11.6 Å². The van der Waals surface area contributed by atoms with Crippen LogP contribution < -0.4 is 4.74 Å². The van der Waals surface area contributed by atoms with E-state index >= 15 is 0 Å². The van der Waals surface area contributed by atoms with Gasteiger partial charge in [0.05, 0.1) is 13.2 Å². The van der Waals surface area contributed by atoms with Gasteiger partial charge in [0.1, 0.15) is 5.75 Å². The van der Waals surface area contributed by atoms with E-state index in [0.29, 0.717) is 43.4 Å². The van der Waals surface area contributed by atoms with E-state index in [1.165, 1.54) is 0 Å². The number of nitrogens with zero attached hydrogens (tertiary/aromatic N) is 4. The van der Waals surface area contributed by atoms with Gasteiger partial charge in [-0.05, 0) is 43.1 Å². The Morgan fingerprint density at radius 3 is 2.45 bits per heavy atom. The number of hydrogen-bond donors (Lipinski definition) is 0. The third kappa shape index (κ3) is 7.95. The molecule has 8 heteroatoms. The number of amides is 2. The van der Waals surface area contributed by atoms with E-state index in [4.69, 9.17) is 16.3 Å². The fraction of sp³-hybridized carbons (Fsp3) is 0.533. The number of piperazine rings is 1. The van der Waals surface area contributed by atoms with Gasteiger partial charge < -0.3 is 19.4 Å². The van der Waals surface area contributed by atoms with Crippen molar-refractivity contribution in [3.05, 3.63) is 65.2 Å². The third-order valence-corrected chi connectivity index (χ3v) is 8.08. The molecule has 2 fully saturated rings. The van der Waals surface area contributed by atoms with Crippen LogP contribution in [0, 0.1) is 5.41 Å². The van der Waals surface area contributed by atoms with Gasteiger partial charge in [-0.25, -0.2) is 0 Å². The summed E-state index contributed by atoms with van der Waals surface area (Å²) in [7, 11) is 1.85. The van der Waals surface area contributed by atoms with Gasteiger partial charge in [-0.3, -0.25) is 14.5 Å². The van der Waals surface area contributed by atoms with Crippen LogP contribution in [-0.4, -0.2) is 97.4 Å². The zero-order chi connectivity index (χ0) is 27.0. The van der Waals surface area contributed by atoms with Crippen molar-refractivity contribution in [1.29, 1.82) is 0 Å². The number of piperidine rings is 1. The Morgan fingerprint density at radius 1 is 1.00 bits per heavy atom. The first-order valence-electron chi connectivity index (χ1n) is 13.7. The number of ether oxygens (including phenoxy) is 1. The van der Waals surface area contributed by atoms with E-state index in [1.807, 2.05) is 60.5 Å². The molecule has 0 aromatic heterocycles. The Kier molecular flexibility index (Phi) is 10.1. The Hall–Kier alpha value is -2.61. The molecule has 2 amide bonds. The molecule has 2 aromatic carbocycles. The molecule has 0 unspecified atom stereocenters. The highest BCUT2D eigenvalue weighted by Gasteiger charge is 2.41. The number of likely N-dealkylation sites (tertiary alicyclic amines) is 1. The van der Waals surface area contributed by atoms with Gasteiger partial charge in [-0.1, -0.05) is 54.9 Å². The second-order valence-corrected chi connectivity index (χ2v) is 11.2. The molecule has 7 nitrogen and oxygen atoms in total. The predicted octanol–water partition coefficient (Wildman–Crippen LogP) is 4.01. The highest BCUT2D eigenvalue weighted by atomic mass is 35.5. The van der Waals surface area contributed by atoms with Crippen molar-refractivity contribution in [2.45, 2.75) is 32.7 Å². The zero-order valence-corrected chi connectivity index (χ0v) is 23.5. The second kappa shape index (κ2) is 13.5. The highest BCUT2D eigenvalue weighted by molar-refractivity contribution is 6.30. The number of hydrogen-bond acceptors (Lipinski definition) is 5. The Morgan fingerprint density at radius 2 is 1.74 bits per heavy atom. The average Bonchev–Trinajstić information content (AvgIpc) is 2.93. The molecule has 206 valence electrons. The maximum atomic E-state index is 13.5. The van der Waals surface area contributed by atoms with Gasteiger partial charge in [-0.15, -0.1) is 0 Å². The largest absolute Gasteiger partial charge is 0.493 e. The number of rotatable bonds is 10. The molecule has 2 aliphatic heterocycles. The van der Waals surface area contributed by atoms with Crippen LogP contribution in [0.3, 0.4) is 0 Å². The van der Waals surface area contributed by atoms with Gasteiger partial charge in [0.25, 0.3) is 0 Å². The van der Waals surface area contributed by atoms with Crippen LogP contribution in [0.15, 0.2) is 54.6 Å². The number of likely N-dealkylation sites (N-methyl/N-ethyl adjacent to an activating group) is 1. The van der Waals surface area contributed by atoms with Gasteiger partial charge in [0.2, 0.25) is 11.8 Å². The molecular formula is C30H41ClN4O3. The van der Waals surface area contributed by atoms with Crippen molar-refractivity contribution < 1.29 is 14.3 Å². The summed E-state index contributed by atoms with van der Waals surface area (Å²) >= 11 is 6.18. The molecule has 0 bridgehead atoms. The minimum Gasteiger partial charge on any atom is -0.493 e. The zero-order valence-electron chi connectivity index (χ0n) is 22.8. The standard InChI is InChI=1S/C30H41ClN4O3/c1-3-33-15-17-34(18-16-33)22-29(37)35-14-8-13-30(23-35,24-38-27-12-7-11-26(31)19-27)20-28(36)32(2)21-25-9-5-4-6-10-25/h4-7,9-12,19H,3,8,13-18,20-24H2,1-2H3/t30-/m0/s1. The summed E-state index contributed by atoms with van der Waals surface area (Å²) in [6.07, 6.45) is 2.01. The fourth-order valence-corrected chi connectivity index (χ4v) is 5.66.